The molecular weight excluding hydrogens is 226 g/mol. The Morgan fingerprint density at radius 2 is 2.24 bits per heavy atom. The van der Waals surface area contributed by atoms with E-state index >= 15 is 0 Å². The van der Waals surface area contributed by atoms with Crippen molar-refractivity contribution in [1.29, 1.82) is 0 Å². The first-order valence-electron chi connectivity index (χ1n) is 5.04. The minimum absolute atomic E-state index is 0.233. The number of rotatable bonds is 2. The highest BCUT2D eigenvalue weighted by Crippen LogP contribution is 2.24. The minimum atomic E-state index is -1.37. The Bertz CT molecular complexity index is 504. The van der Waals surface area contributed by atoms with Crippen molar-refractivity contribution in [2.75, 3.05) is 0 Å². The van der Waals surface area contributed by atoms with Crippen LogP contribution in [-0.4, -0.2) is 17.7 Å². The van der Waals surface area contributed by atoms with Crippen molar-refractivity contribution in [3.8, 4) is 0 Å². The molecule has 7 nitrogen and oxygen atoms in total. The maximum atomic E-state index is 10.7. The van der Waals surface area contributed by atoms with Crippen LogP contribution in [0.15, 0.2) is 15.6 Å². The lowest BCUT2D eigenvalue weighted by atomic mass is 9.96. The Kier molecular flexibility index (Phi) is 2.82. The summed E-state index contributed by atoms with van der Waals surface area (Å²) in [4.78, 5) is 21.2. The molecule has 0 saturated heterocycles. The van der Waals surface area contributed by atoms with Crippen LogP contribution in [0.2, 0.25) is 0 Å². The molecule has 1 aliphatic rings. The average Bonchev–Trinajstić information content (AvgIpc) is 2.70. The van der Waals surface area contributed by atoms with E-state index in [9.17, 15) is 14.7 Å². The first kappa shape index (κ1) is 11.2. The Hall–Kier alpha value is -2.31. The molecule has 0 spiro atoms. The Labute approximate surface area is 96.3 Å². The van der Waals surface area contributed by atoms with E-state index in [0.717, 1.165) is 6.42 Å². The molecule has 1 heterocycles. The van der Waals surface area contributed by atoms with Gasteiger partial charge in [0.1, 0.15) is 17.5 Å². The number of urea groups is 1. The molecule has 0 bridgehead atoms. The molecule has 0 fully saturated rings. The summed E-state index contributed by atoms with van der Waals surface area (Å²) in [5, 5.41) is 14.5. The highest BCUT2D eigenvalue weighted by atomic mass is 16.4. The van der Waals surface area contributed by atoms with Gasteiger partial charge in [0.05, 0.1) is 5.71 Å². The van der Waals surface area contributed by atoms with Crippen LogP contribution < -0.4 is 16.3 Å². The number of aryl methyl sites for hydroxylation is 1. The van der Waals surface area contributed by atoms with Gasteiger partial charge in [-0.3, -0.25) is 0 Å². The van der Waals surface area contributed by atoms with E-state index in [0.29, 0.717) is 29.9 Å². The van der Waals surface area contributed by atoms with Crippen molar-refractivity contribution in [2.45, 2.75) is 19.3 Å². The Balaban J connectivity index is 2.33. The molecular formula is C10H10N3O4-. The highest BCUT2D eigenvalue weighted by molar-refractivity contribution is 6.04. The van der Waals surface area contributed by atoms with Gasteiger partial charge in [-0.1, -0.05) is 0 Å². The number of carboxylic acids is 1. The number of carbonyl (C=O) groups excluding carboxylic acids is 2. The minimum Gasteiger partial charge on any atom is -0.542 e. The maximum absolute atomic E-state index is 10.7. The number of hydrazone groups is 1. The number of nitrogens with zero attached hydrogens (tertiary/aromatic N) is 1. The average molecular weight is 236 g/mol. The smallest absolute Gasteiger partial charge is 0.332 e. The first-order chi connectivity index (χ1) is 8.08. The molecule has 1 aromatic heterocycles. The quantitative estimate of drug-likeness (QED) is 0.662. The Morgan fingerprint density at radius 3 is 2.88 bits per heavy atom. The van der Waals surface area contributed by atoms with E-state index in [2.05, 4.69) is 10.5 Å². The van der Waals surface area contributed by atoms with Gasteiger partial charge in [0, 0.05) is 12.0 Å². The number of fused-ring (bicyclic) bond motifs is 1. The number of hydrogen-bond acceptors (Lipinski definition) is 5. The maximum Gasteiger partial charge on any atom is 0.332 e. The number of carbonyl (C=O) groups is 2. The van der Waals surface area contributed by atoms with Gasteiger partial charge >= 0.3 is 6.03 Å². The molecule has 1 aliphatic carbocycles. The van der Waals surface area contributed by atoms with Crippen LogP contribution in [0.5, 0.6) is 0 Å². The second kappa shape index (κ2) is 4.28. The third-order valence-electron chi connectivity index (χ3n) is 2.44. The van der Waals surface area contributed by atoms with Gasteiger partial charge in [-0.25, -0.2) is 10.2 Å². The van der Waals surface area contributed by atoms with Crippen molar-refractivity contribution in [1.82, 2.24) is 5.43 Å². The van der Waals surface area contributed by atoms with E-state index in [1.54, 1.807) is 0 Å². The summed E-state index contributed by atoms with van der Waals surface area (Å²) in [7, 11) is 0. The van der Waals surface area contributed by atoms with Gasteiger partial charge in [0.15, 0.2) is 0 Å². The predicted octanol–water partition coefficient (Wildman–Crippen LogP) is -0.648. The molecule has 0 aromatic carbocycles. The Morgan fingerprint density at radius 1 is 1.47 bits per heavy atom. The summed E-state index contributed by atoms with van der Waals surface area (Å²) in [6, 6.07) is 0.582. The standard InChI is InChI=1S/C10H11N3O4/c11-10(16)13-12-6-2-1-3-7-5(6)4-8(17-7)9(14)15/h4H,1-3H2,(H,14,15)(H3,11,13,16)/p-1. The van der Waals surface area contributed by atoms with Crippen LogP contribution >= 0.6 is 0 Å². The van der Waals surface area contributed by atoms with Crippen molar-refractivity contribution >= 4 is 17.7 Å². The van der Waals surface area contributed by atoms with Gasteiger partial charge in [0.2, 0.25) is 0 Å². The zero-order chi connectivity index (χ0) is 12.4. The van der Waals surface area contributed by atoms with Crippen LogP contribution in [0, 0.1) is 0 Å². The molecule has 1 aromatic rings. The lowest BCUT2D eigenvalue weighted by Crippen LogP contribution is -2.26. The second-order valence-electron chi connectivity index (χ2n) is 3.62. The largest absolute Gasteiger partial charge is 0.542 e. The summed E-state index contributed by atoms with van der Waals surface area (Å²) in [6.45, 7) is 0. The number of furan rings is 1. The number of amides is 2. The molecule has 7 heteroatoms. The van der Waals surface area contributed by atoms with Crippen LogP contribution in [-0.2, 0) is 6.42 Å². The number of nitrogens with two attached hydrogens (primary N) is 1. The SMILES string of the molecule is NC(=O)NN=C1CCCc2oc(C(=O)[O-])cc21. The van der Waals surface area contributed by atoms with Gasteiger partial charge in [-0.2, -0.15) is 5.10 Å². The summed E-state index contributed by atoms with van der Waals surface area (Å²) >= 11 is 0. The fraction of sp³-hybridized carbons (Fsp3) is 0.300. The topological polar surface area (TPSA) is 121 Å². The van der Waals surface area contributed by atoms with Gasteiger partial charge in [-0.15, -0.1) is 0 Å². The summed E-state index contributed by atoms with van der Waals surface area (Å²) < 4.78 is 5.12. The molecule has 2 rings (SSSR count). The molecule has 3 N–H and O–H groups in total. The normalized spacial score (nSPS) is 16.6. The third kappa shape index (κ3) is 2.27. The van der Waals surface area contributed by atoms with E-state index in [1.807, 2.05) is 0 Å². The van der Waals surface area contributed by atoms with E-state index in [1.165, 1.54) is 6.07 Å². The zero-order valence-electron chi connectivity index (χ0n) is 8.86. The number of primary amides is 1. The van der Waals surface area contributed by atoms with Gasteiger partial charge in [0.25, 0.3) is 0 Å². The summed E-state index contributed by atoms with van der Waals surface area (Å²) in [6.07, 6.45) is 2.03. The van der Waals surface area contributed by atoms with Gasteiger partial charge < -0.3 is 20.1 Å². The van der Waals surface area contributed by atoms with Crippen molar-refractivity contribution in [2.24, 2.45) is 10.8 Å². The molecule has 0 saturated carbocycles. The molecule has 17 heavy (non-hydrogen) atoms. The molecule has 90 valence electrons. The number of nitrogens with one attached hydrogen (secondary N) is 1. The summed E-state index contributed by atoms with van der Waals surface area (Å²) in [5.74, 6) is -1.06. The molecule has 0 unspecified atom stereocenters. The predicted molar refractivity (Wildman–Crippen MR) is 55.2 cm³/mol. The zero-order valence-corrected chi connectivity index (χ0v) is 8.86. The van der Waals surface area contributed by atoms with Gasteiger partial charge in [-0.05, 0) is 18.9 Å². The lowest BCUT2D eigenvalue weighted by Gasteiger charge is -2.11. The monoisotopic (exact) mass is 236 g/mol. The molecule has 0 atom stereocenters. The number of hydrogen-bond donors (Lipinski definition) is 2. The van der Waals surface area contributed by atoms with Crippen molar-refractivity contribution in [3.63, 3.8) is 0 Å². The van der Waals surface area contributed by atoms with Crippen LogP contribution in [0.25, 0.3) is 0 Å². The van der Waals surface area contributed by atoms with Crippen molar-refractivity contribution in [3.05, 3.63) is 23.2 Å². The molecule has 2 amide bonds. The lowest BCUT2D eigenvalue weighted by molar-refractivity contribution is -0.257. The number of carboxylic acid groups (broad SMARTS) is 1. The summed E-state index contributed by atoms with van der Waals surface area (Å²) in [5.41, 5.74) is 8.16. The van der Waals surface area contributed by atoms with E-state index in [-0.39, 0.29) is 5.76 Å². The van der Waals surface area contributed by atoms with E-state index in [4.69, 9.17) is 10.2 Å². The second-order valence-corrected chi connectivity index (χ2v) is 3.62. The fourth-order valence-electron chi connectivity index (χ4n) is 1.75. The van der Waals surface area contributed by atoms with Crippen LogP contribution in [0.3, 0.4) is 0 Å². The fourth-order valence-corrected chi connectivity index (χ4v) is 1.75. The number of aromatic carboxylic acids is 1. The molecule has 0 aliphatic heterocycles. The first-order valence-corrected chi connectivity index (χ1v) is 5.04. The van der Waals surface area contributed by atoms with Crippen molar-refractivity contribution < 1.29 is 19.1 Å². The molecule has 0 radical (unpaired) electrons. The highest BCUT2D eigenvalue weighted by Gasteiger charge is 2.21. The third-order valence-corrected chi connectivity index (χ3v) is 2.44. The van der Waals surface area contributed by atoms with Crippen LogP contribution in [0.1, 0.15) is 34.7 Å². The van der Waals surface area contributed by atoms with E-state index < -0.39 is 12.0 Å². The van der Waals surface area contributed by atoms with Crippen LogP contribution in [0.4, 0.5) is 4.79 Å².